The van der Waals surface area contributed by atoms with Crippen LogP contribution in [-0.4, -0.2) is 159 Å². The Morgan fingerprint density at radius 2 is 1.15 bits per heavy atom. The van der Waals surface area contributed by atoms with Crippen molar-refractivity contribution in [1.29, 1.82) is 0 Å². The number of rotatable bonds is 32. The van der Waals surface area contributed by atoms with E-state index >= 15 is 4.79 Å². The number of fused-ring (bicyclic) bond motifs is 4. The fourth-order valence-corrected chi connectivity index (χ4v) is 16.6. The lowest BCUT2D eigenvalue weighted by molar-refractivity contribution is -0.152. The minimum Gasteiger partial charge on any atom is -0.467 e. The van der Waals surface area contributed by atoms with Crippen LogP contribution in [0.4, 0.5) is 4.79 Å². The molecule has 0 radical (unpaired) electrons. The van der Waals surface area contributed by atoms with Crippen LogP contribution >= 0.6 is 11.8 Å². The van der Waals surface area contributed by atoms with Crippen LogP contribution in [0.5, 0.6) is 0 Å². The molecule has 9 amide bonds. The third kappa shape index (κ3) is 19.7. The highest BCUT2D eigenvalue weighted by Crippen LogP contribution is 2.49. The number of hydrogen-bond donors (Lipinski definition) is 9. The van der Waals surface area contributed by atoms with Gasteiger partial charge in [-0.2, -0.15) is 0 Å². The van der Waals surface area contributed by atoms with Gasteiger partial charge >= 0.3 is 12.1 Å². The topological polar surface area (TPSA) is 328 Å². The second-order valence-electron chi connectivity index (χ2n) is 30.3. The molecule has 2 aliphatic rings. The van der Waals surface area contributed by atoms with E-state index in [0.29, 0.717) is 12.0 Å². The number of nitrogens with one attached hydrogen (secondary N) is 8. The minimum absolute atomic E-state index is 0.000788. The van der Waals surface area contributed by atoms with Crippen LogP contribution in [0.3, 0.4) is 0 Å². The Balaban J connectivity index is 0.919. The lowest BCUT2D eigenvalue weighted by Gasteiger charge is -2.38. The van der Waals surface area contributed by atoms with Crippen molar-refractivity contribution in [3.63, 3.8) is 0 Å². The number of esters is 1. The second kappa shape index (κ2) is 35.5. The van der Waals surface area contributed by atoms with Crippen molar-refractivity contribution in [2.75, 3.05) is 39.1 Å². The van der Waals surface area contributed by atoms with Crippen molar-refractivity contribution in [2.24, 2.45) is 23.0 Å². The summed E-state index contributed by atoms with van der Waals surface area (Å²) >= 11 is 1.31. The predicted molar refractivity (Wildman–Crippen MR) is 415 cm³/mol. The van der Waals surface area contributed by atoms with E-state index in [1.165, 1.54) is 23.8 Å². The Kier molecular flexibility index (Phi) is 26.9. The first kappa shape index (κ1) is 81.0. The third-order valence-corrected chi connectivity index (χ3v) is 27.1. The molecule has 25 heteroatoms. The van der Waals surface area contributed by atoms with Gasteiger partial charge in [0.05, 0.1) is 37.5 Å². The molecule has 7 aromatic rings. The van der Waals surface area contributed by atoms with Gasteiger partial charge in [-0.1, -0.05) is 226 Å². The minimum atomic E-state index is -2.47. The van der Waals surface area contributed by atoms with Crippen molar-refractivity contribution in [1.82, 2.24) is 47.1 Å². The Morgan fingerprint density at radius 1 is 0.626 bits per heavy atom. The van der Waals surface area contributed by atoms with Gasteiger partial charge in [-0.15, -0.1) is 11.8 Å². The Morgan fingerprint density at radius 3 is 1.69 bits per heavy atom. The molecule has 2 heterocycles. The van der Waals surface area contributed by atoms with Gasteiger partial charge in [0, 0.05) is 48.2 Å². The number of benzene rings is 6. The van der Waals surface area contributed by atoms with Gasteiger partial charge < -0.3 is 66.7 Å². The summed E-state index contributed by atoms with van der Waals surface area (Å²) in [6, 6.07) is 44.0. The van der Waals surface area contributed by atoms with Gasteiger partial charge in [-0.3, -0.25) is 38.4 Å². The van der Waals surface area contributed by atoms with E-state index in [9.17, 15) is 43.2 Å². The van der Waals surface area contributed by atoms with Crippen molar-refractivity contribution in [3.05, 3.63) is 203 Å². The summed E-state index contributed by atoms with van der Waals surface area (Å²) in [7, 11) is -1.27. The maximum Gasteiger partial charge on any atom is 0.407 e. The van der Waals surface area contributed by atoms with Crippen LogP contribution in [-0.2, 0) is 68.2 Å². The summed E-state index contributed by atoms with van der Waals surface area (Å²) in [4.78, 5) is 148. The fraction of sp³-hybridized carbons (Fsp3) is 0.415. The molecule has 10 N–H and O–H groups in total. The molecular weight excluding hydrogens is 1390 g/mol. The van der Waals surface area contributed by atoms with E-state index in [4.69, 9.17) is 19.6 Å². The molecule has 1 unspecified atom stereocenters. The first-order valence-electron chi connectivity index (χ1n) is 36.4. The van der Waals surface area contributed by atoms with Gasteiger partial charge in [-0.25, -0.2) is 9.59 Å². The molecule has 23 nitrogen and oxygen atoms in total. The molecular formula is C82H102N10O13SSi. The Hall–Kier alpha value is -10.1. The molecule has 1 aliphatic carbocycles. The van der Waals surface area contributed by atoms with Gasteiger partial charge in [-0.05, 0) is 86.0 Å². The maximum absolute atomic E-state index is 15.3. The number of aromatic nitrogens is 1. The number of thioether (sulfide) groups is 1. The van der Waals surface area contributed by atoms with Crippen LogP contribution < -0.4 is 43.0 Å². The molecule has 568 valence electrons. The average Bonchev–Trinajstić information content (AvgIpc) is 1.32. The number of H-pyrrole nitrogens is 1. The standard InChI is InChI=1S/C82H102N10O13SSi/c1-13-50(2)51(3)71(91-79(102)104-48-62-60-38-25-23-36-58(60)59-37-24-26-39-61(59)62)75(98)88-64(41-52-44-84-63-40-28-27-35-57(52)63)73(96)85-46-70(95)90-72(80(4,5)6)76(99)86-45-69(94)87-66(49-106-82(53-29-17-14-18-30-53,54-31-19-15-20-32-54)55-33-21-16-22-34-55)74(97)89-65(43-68(83)93)77(100)92-47-56(42-67(92)78(101)103-10)105-107(11,12)81(7,8)9/h14-40,44,50-51,56,62,64-67,71-72,84H,13,41-43,45-49H2,1-12H3,(H2,83,93)(H,85,96)(H,86,99)(H,87,94)(H,88,98)(H,89,97)(H,90,95)(H,91,102)/t50-,51-,56+,64?,65-,66-,67-,71-,72+/m0/s1. The molecule has 0 saturated carbocycles. The SMILES string of the molecule is CC[C@H](C)[C@H](C)[C@H](NC(=O)OCC1c2ccccc2-c2ccccc21)C(=O)NC(Cc1c[nH]c2ccccc12)C(=O)NCC(=O)N[C@H](C(=O)NCC(=O)N[C@@H](CSC(c1ccccc1)(c1ccccc1)c1ccccc1)C(=O)N[C@@H](CC(N)=O)C(=O)N1C[C@H](O[Si](C)(C)C(C)(C)C)C[C@H]1C(=O)OC)C(C)(C)C. The monoisotopic (exact) mass is 1490 g/mol. The molecule has 107 heavy (non-hydrogen) atoms. The zero-order chi connectivity index (χ0) is 77.5. The molecule has 0 spiro atoms. The van der Waals surface area contributed by atoms with Crippen LogP contribution in [0.2, 0.25) is 18.1 Å². The van der Waals surface area contributed by atoms with Gasteiger partial charge in [0.1, 0.15) is 42.9 Å². The number of para-hydroxylation sites is 1. The van der Waals surface area contributed by atoms with Crippen LogP contribution in [0.15, 0.2) is 170 Å². The van der Waals surface area contributed by atoms with Crippen molar-refractivity contribution in [2.45, 2.75) is 159 Å². The first-order chi connectivity index (χ1) is 50.8. The number of aromatic amines is 1. The highest BCUT2D eigenvalue weighted by molar-refractivity contribution is 8.00. The summed E-state index contributed by atoms with van der Waals surface area (Å²) in [5.74, 6) is -8.21. The van der Waals surface area contributed by atoms with Crippen LogP contribution in [0.25, 0.3) is 22.0 Å². The summed E-state index contributed by atoms with van der Waals surface area (Å²) in [6.07, 6.45) is 0.338. The lowest BCUT2D eigenvalue weighted by Crippen LogP contribution is -2.59. The van der Waals surface area contributed by atoms with Gasteiger partial charge in [0.2, 0.25) is 47.3 Å². The molecule has 1 fully saturated rings. The predicted octanol–water partition coefficient (Wildman–Crippen LogP) is 9.28. The number of methoxy groups -OCH3 is 1. The molecule has 9 atom stereocenters. The highest BCUT2D eigenvalue weighted by atomic mass is 32.2. The summed E-state index contributed by atoms with van der Waals surface area (Å²) in [5, 5.41) is 19.8. The summed E-state index contributed by atoms with van der Waals surface area (Å²) in [6.45, 7) is 19.7. The zero-order valence-electron chi connectivity index (χ0n) is 63.0. The summed E-state index contributed by atoms with van der Waals surface area (Å²) < 4.78 is 16.7. The second-order valence-corrected chi connectivity index (χ2v) is 36.3. The average molecular weight is 1500 g/mol. The quantitative estimate of drug-likeness (QED) is 0.0108. The lowest BCUT2D eigenvalue weighted by atomic mass is 9.84. The van der Waals surface area contributed by atoms with E-state index in [0.717, 1.165) is 49.8 Å². The number of nitrogens with two attached hydrogens (primary N) is 1. The number of likely N-dealkylation sites (tertiary alicyclic amines) is 1. The number of primary amides is 1. The number of alkyl carbamates (subject to hydrolysis) is 1. The molecule has 1 saturated heterocycles. The highest BCUT2D eigenvalue weighted by Gasteiger charge is 2.49. The van der Waals surface area contributed by atoms with E-state index in [2.05, 4.69) is 63.0 Å². The van der Waals surface area contributed by atoms with Crippen molar-refractivity contribution >= 4 is 90.3 Å². The van der Waals surface area contributed by atoms with E-state index in [1.54, 1.807) is 27.0 Å². The Labute approximate surface area is 631 Å². The number of amides is 9. The third-order valence-electron chi connectivity index (χ3n) is 20.9. The zero-order valence-corrected chi connectivity index (χ0v) is 64.9. The number of carbonyl (C=O) groups excluding carboxylic acids is 10. The van der Waals surface area contributed by atoms with Crippen LogP contribution in [0, 0.1) is 17.3 Å². The maximum atomic E-state index is 15.3. The molecule has 1 aliphatic heterocycles. The van der Waals surface area contributed by atoms with E-state index in [1.807, 2.05) is 198 Å². The number of ether oxygens (including phenoxy) is 2. The van der Waals surface area contributed by atoms with E-state index < -0.39 is 146 Å². The number of nitrogens with zero attached hydrogens (tertiary/aromatic N) is 1. The normalized spacial score (nSPS) is 16.4. The molecule has 1 aromatic heterocycles. The smallest absolute Gasteiger partial charge is 0.407 e. The Bertz CT molecular complexity index is 4180. The van der Waals surface area contributed by atoms with Crippen molar-refractivity contribution < 1.29 is 61.8 Å². The number of carbonyl (C=O) groups is 10. The fourth-order valence-electron chi connectivity index (χ4n) is 13.7. The molecule has 6 aromatic carbocycles. The van der Waals surface area contributed by atoms with E-state index in [-0.39, 0.29) is 48.6 Å². The molecule has 0 bridgehead atoms. The van der Waals surface area contributed by atoms with Gasteiger partial charge in [0.25, 0.3) is 0 Å². The van der Waals surface area contributed by atoms with Crippen molar-refractivity contribution in [3.8, 4) is 11.1 Å². The summed E-state index contributed by atoms with van der Waals surface area (Å²) in [5.41, 5.74) is 12.9. The molecule has 9 rings (SSSR count). The number of hydrogen-bond acceptors (Lipinski definition) is 14. The van der Waals surface area contributed by atoms with Crippen LogP contribution in [0.1, 0.15) is 121 Å². The van der Waals surface area contributed by atoms with Gasteiger partial charge in [0.15, 0.2) is 8.32 Å². The first-order valence-corrected chi connectivity index (χ1v) is 40.3. The largest absolute Gasteiger partial charge is 0.467 e.